The Morgan fingerprint density at radius 1 is 1.27 bits per heavy atom. The molecule has 0 aromatic heterocycles. The van der Waals surface area contributed by atoms with Gasteiger partial charge in [0.05, 0.1) is 19.2 Å². The quantitative estimate of drug-likeness (QED) is 0.465. The normalized spacial score (nSPS) is 14.1. The molecule has 1 fully saturated rings. The minimum absolute atomic E-state index is 0.00517. The van der Waals surface area contributed by atoms with Crippen LogP contribution in [0.1, 0.15) is 12.8 Å². The van der Waals surface area contributed by atoms with E-state index in [4.69, 9.17) is 5.26 Å². The van der Waals surface area contributed by atoms with Gasteiger partial charge < -0.3 is 10.6 Å². The molecule has 0 heterocycles. The number of rotatable bonds is 6. The van der Waals surface area contributed by atoms with Crippen molar-refractivity contribution in [3.05, 3.63) is 0 Å². The molecule has 6 nitrogen and oxygen atoms in total. The van der Waals surface area contributed by atoms with Crippen LogP contribution in [0.5, 0.6) is 0 Å². The van der Waals surface area contributed by atoms with E-state index in [1.165, 1.54) is 0 Å². The van der Waals surface area contributed by atoms with Crippen LogP contribution in [0.4, 0.5) is 0 Å². The van der Waals surface area contributed by atoms with Crippen LogP contribution in [0.25, 0.3) is 0 Å². The van der Waals surface area contributed by atoms with Gasteiger partial charge in [0.15, 0.2) is 0 Å². The van der Waals surface area contributed by atoms with E-state index in [-0.39, 0.29) is 31.4 Å². The lowest BCUT2D eigenvalue weighted by atomic mass is 10.5. The molecule has 0 spiro atoms. The van der Waals surface area contributed by atoms with Gasteiger partial charge in [0, 0.05) is 6.04 Å². The number of nitrogens with zero attached hydrogens (tertiary/aromatic N) is 1. The second kappa shape index (κ2) is 5.98. The lowest BCUT2D eigenvalue weighted by molar-refractivity contribution is -0.121. The minimum atomic E-state index is -0.282. The van der Waals surface area contributed by atoms with Gasteiger partial charge in [-0.05, 0) is 12.8 Å². The molecule has 0 bridgehead atoms. The van der Waals surface area contributed by atoms with Crippen molar-refractivity contribution < 1.29 is 9.59 Å². The first-order valence-corrected chi connectivity index (χ1v) is 4.86. The summed E-state index contributed by atoms with van der Waals surface area (Å²) in [6, 6.07) is 2.13. The Labute approximate surface area is 88.0 Å². The summed E-state index contributed by atoms with van der Waals surface area (Å²) in [5.74, 6) is -0.374. The molecule has 0 aromatic rings. The Bertz CT molecular complexity index is 280. The van der Waals surface area contributed by atoms with Crippen molar-refractivity contribution in [3.63, 3.8) is 0 Å². The number of carbonyl (C=O) groups is 2. The van der Waals surface area contributed by atoms with Gasteiger partial charge in [0.2, 0.25) is 11.8 Å². The van der Waals surface area contributed by atoms with Crippen molar-refractivity contribution in [2.45, 2.75) is 18.9 Å². The van der Waals surface area contributed by atoms with E-state index < -0.39 is 0 Å². The SMILES string of the molecule is N#CCNC(=O)CNCC(=O)NC1CC1. The van der Waals surface area contributed by atoms with E-state index in [9.17, 15) is 9.59 Å². The summed E-state index contributed by atoms with van der Waals surface area (Å²) in [5.41, 5.74) is 0. The Balaban J connectivity index is 1.97. The van der Waals surface area contributed by atoms with Crippen LogP contribution >= 0.6 is 0 Å². The highest BCUT2D eigenvalue weighted by Gasteiger charge is 2.22. The maximum absolute atomic E-state index is 11.1. The predicted octanol–water partition coefficient (Wildman–Crippen LogP) is -1.51. The molecular weight excluding hydrogens is 196 g/mol. The maximum Gasteiger partial charge on any atom is 0.234 e. The smallest absolute Gasteiger partial charge is 0.234 e. The highest BCUT2D eigenvalue weighted by atomic mass is 16.2. The number of nitrogens with one attached hydrogen (secondary N) is 3. The largest absolute Gasteiger partial charge is 0.352 e. The number of hydrogen-bond acceptors (Lipinski definition) is 4. The molecule has 0 aliphatic heterocycles. The van der Waals surface area contributed by atoms with Crippen molar-refractivity contribution in [2.75, 3.05) is 19.6 Å². The summed E-state index contributed by atoms with van der Waals surface area (Å²) >= 11 is 0. The Morgan fingerprint density at radius 2 is 1.93 bits per heavy atom. The first-order chi connectivity index (χ1) is 7.22. The van der Waals surface area contributed by atoms with Crippen molar-refractivity contribution in [2.24, 2.45) is 0 Å². The van der Waals surface area contributed by atoms with Crippen molar-refractivity contribution in [1.29, 1.82) is 5.26 Å². The van der Waals surface area contributed by atoms with E-state index in [1.807, 2.05) is 0 Å². The summed E-state index contributed by atoms with van der Waals surface area (Å²) in [6.45, 7) is 0.186. The van der Waals surface area contributed by atoms with Gasteiger partial charge in [-0.1, -0.05) is 0 Å². The standard InChI is InChI=1S/C9H14N4O2/c10-3-4-12-8(14)5-11-6-9(15)13-7-1-2-7/h7,11H,1-2,4-6H2,(H,12,14)(H,13,15). The number of carbonyl (C=O) groups excluding carboxylic acids is 2. The minimum Gasteiger partial charge on any atom is -0.352 e. The zero-order valence-electron chi connectivity index (χ0n) is 8.38. The van der Waals surface area contributed by atoms with E-state index in [1.54, 1.807) is 6.07 Å². The average Bonchev–Trinajstić information content (AvgIpc) is 2.98. The first-order valence-electron chi connectivity index (χ1n) is 4.86. The number of hydrogen-bond donors (Lipinski definition) is 3. The van der Waals surface area contributed by atoms with Gasteiger partial charge in [-0.3, -0.25) is 14.9 Å². The van der Waals surface area contributed by atoms with Crippen LogP contribution in [0.15, 0.2) is 0 Å². The molecule has 0 aromatic carbocycles. The second-order valence-electron chi connectivity index (χ2n) is 3.38. The summed E-state index contributed by atoms with van der Waals surface area (Å²) < 4.78 is 0. The first kappa shape index (κ1) is 11.5. The molecule has 0 unspecified atom stereocenters. The third kappa shape index (κ3) is 5.65. The predicted molar refractivity (Wildman–Crippen MR) is 52.7 cm³/mol. The van der Waals surface area contributed by atoms with Crippen LogP contribution in [0.3, 0.4) is 0 Å². The molecule has 1 saturated carbocycles. The van der Waals surface area contributed by atoms with Gasteiger partial charge in [0.1, 0.15) is 6.54 Å². The summed E-state index contributed by atoms with van der Waals surface area (Å²) in [7, 11) is 0. The third-order valence-corrected chi connectivity index (χ3v) is 1.88. The van der Waals surface area contributed by atoms with Gasteiger partial charge in [-0.2, -0.15) is 5.26 Å². The highest BCUT2D eigenvalue weighted by molar-refractivity contribution is 5.81. The van der Waals surface area contributed by atoms with Crippen LogP contribution in [-0.4, -0.2) is 37.5 Å². The van der Waals surface area contributed by atoms with Crippen LogP contribution in [0.2, 0.25) is 0 Å². The van der Waals surface area contributed by atoms with E-state index >= 15 is 0 Å². The molecule has 6 heteroatoms. The molecule has 82 valence electrons. The molecule has 0 atom stereocenters. The van der Waals surface area contributed by atoms with Crippen molar-refractivity contribution in [3.8, 4) is 6.07 Å². The average molecular weight is 210 g/mol. The van der Waals surface area contributed by atoms with E-state index in [2.05, 4.69) is 16.0 Å². The van der Waals surface area contributed by atoms with Crippen LogP contribution < -0.4 is 16.0 Å². The lowest BCUT2D eigenvalue weighted by Gasteiger charge is -2.04. The fourth-order valence-electron chi connectivity index (χ4n) is 0.997. The van der Waals surface area contributed by atoms with Gasteiger partial charge in [-0.15, -0.1) is 0 Å². The third-order valence-electron chi connectivity index (χ3n) is 1.88. The van der Waals surface area contributed by atoms with Crippen molar-refractivity contribution in [1.82, 2.24) is 16.0 Å². The molecule has 1 aliphatic carbocycles. The maximum atomic E-state index is 11.1. The summed E-state index contributed by atoms with van der Waals surface area (Å²) in [4.78, 5) is 22.1. The Kier molecular flexibility index (Phi) is 4.57. The molecule has 3 N–H and O–H groups in total. The molecule has 2 amide bonds. The molecule has 0 saturated heterocycles. The number of amides is 2. The monoisotopic (exact) mass is 210 g/mol. The van der Waals surface area contributed by atoms with Gasteiger partial charge in [-0.25, -0.2) is 0 Å². The molecule has 15 heavy (non-hydrogen) atoms. The van der Waals surface area contributed by atoms with Gasteiger partial charge >= 0.3 is 0 Å². The summed E-state index contributed by atoms with van der Waals surface area (Å²) in [6.07, 6.45) is 2.10. The topological polar surface area (TPSA) is 94.0 Å². The summed E-state index contributed by atoms with van der Waals surface area (Å²) in [5, 5.41) is 16.0. The molecule has 0 radical (unpaired) electrons. The molecular formula is C9H14N4O2. The zero-order valence-corrected chi connectivity index (χ0v) is 8.38. The van der Waals surface area contributed by atoms with E-state index in [0.717, 1.165) is 12.8 Å². The fourth-order valence-corrected chi connectivity index (χ4v) is 0.997. The molecule has 1 rings (SSSR count). The van der Waals surface area contributed by atoms with E-state index in [0.29, 0.717) is 6.04 Å². The number of nitriles is 1. The highest BCUT2D eigenvalue weighted by Crippen LogP contribution is 2.17. The second-order valence-corrected chi connectivity index (χ2v) is 3.38. The molecule has 1 aliphatic rings. The van der Waals surface area contributed by atoms with Crippen LogP contribution in [0, 0.1) is 11.3 Å². The van der Waals surface area contributed by atoms with Crippen LogP contribution in [-0.2, 0) is 9.59 Å². The fraction of sp³-hybridized carbons (Fsp3) is 0.667. The lowest BCUT2D eigenvalue weighted by Crippen LogP contribution is -2.40. The Morgan fingerprint density at radius 3 is 2.53 bits per heavy atom. The zero-order chi connectivity index (χ0) is 11.1. The van der Waals surface area contributed by atoms with Gasteiger partial charge in [0.25, 0.3) is 0 Å². The van der Waals surface area contributed by atoms with Crippen molar-refractivity contribution >= 4 is 11.8 Å². The Hall–Kier alpha value is -1.61.